The van der Waals surface area contributed by atoms with Gasteiger partial charge < -0.3 is 4.57 Å². The number of hydrogen-bond acceptors (Lipinski definition) is 4. The summed E-state index contributed by atoms with van der Waals surface area (Å²) in [5.74, 6) is -0.475. The van der Waals surface area contributed by atoms with Crippen molar-refractivity contribution in [3.8, 4) is 16.9 Å². The van der Waals surface area contributed by atoms with Crippen LogP contribution in [0.4, 0.5) is 10.1 Å². The molecule has 4 aromatic heterocycles. The maximum Gasteiger partial charge on any atom is 0.343 e. The molecule has 0 aliphatic rings. The van der Waals surface area contributed by atoms with Crippen molar-refractivity contribution in [2.45, 2.75) is 0 Å². The van der Waals surface area contributed by atoms with Crippen molar-refractivity contribution >= 4 is 39.2 Å². The third-order valence-corrected chi connectivity index (χ3v) is 5.05. The normalized spacial score (nSPS) is 11.3. The third-order valence-electron chi connectivity index (χ3n) is 4.82. The first-order chi connectivity index (χ1) is 14.5. The zero-order valence-corrected chi connectivity index (χ0v) is 16.0. The van der Waals surface area contributed by atoms with Crippen molar-refractivity contribution in [3.63, 3.8) is 0 Å². The minimum absolute atomic E-state index is 0.0300. The number of fused-ring (bicyclic) bond motifs is 2. The Morgan fingerprint density at radius 1 is 1.10 bits per heavy atom. The maximum absolute atomic E-state index is 14.5. The molecular weight excluding hydrogens is 409 g/mol. The Morgan fingerprint density at radius 3 is 2.80 bits per heavy atom. The molecule has 0 atom stereocenters. The molecule has 1 aromatic carbocycles. The Labute approximate surface area is 173 Å². The van der Waals surface area contributed by atoms with Crippen LogP contribution < -0.4 is 0 Å². The molecule has 146 valence electrons. The highest BCUT2D eigenvalue weighted by atomic mass is 35.5. The molecule has 7 nitrogen and oxygen atoms in total. The van der Waals surface area contributed by atoms with E-state index >= 15 is 0 Å². The van der Waals surface area contributed by atoms with Crippen LogP contribution in [0.15, 0.2) is 67.3 Å². The minimum atomic E-state index is -0.475. The first kappa shape index (κ1) is 18.1. The first-order valence-electron chi connectivity index (χ1n) is 8.86. The molecule has 0 aliphatic carbocycles. The smallest absolute Gasteiger partial charge is 0.309 e. The van der Waals surface area contributed by atoms with E-state index < -0.39 is 5.82 Å². The van der Waals surface area contributed by atoms with Gasteiger partial charge in [0.15, 0.2) is 5.65 Å². The second-order valence-corrected chi connectivity index (χ2v) is 7.01. The Balaban J connectivity index is 1.87. The third kappa shape index (κ3) is 2.85. The zero-order chi connectivity index (χ0) is 20.8. The summed E-state index contributed by atoms with van der Waals surface area (Å²) in [6.45, 7) is 0. The standard InChI is InChI=1S/C21H12ClFN5O2/c22-12-3-4-16(23)14(8-12)17-9-19(13-2-1-6-25-21(13)26-17)27-11-20(28(29)30)15-10-24-7-5-18(15)27/h1-11H,(H,29,30)/q+1. The van der Waals surface area contributed by atoms with Gasteiger partial charge in [0.1, 0.15) is 11.2 Å². The summed E-state index contributed by atoms with van der Waals surface area (Å²) < 4.78 is 16.3. The van der Waals surface area contributed by atoms with E-state index in [2.05, 4.69) is 15.0 Å². The number of rotatable bonds is 3. The van der Waals surface area contributed by atoms with Crippen LogP contribution in [0.25, 0.3) is 38.9 Å². The number of hydrogen-bond donors (Lipinski definition) is 1. The average Bonchev–Trinajstić information content (AvgIpc) is 3.14. The maximum atomic E-state index is 14.5. The lowest BCUT2D eigenvalue weighted by molar-refractivity contribution is -0.728. The summed E-state index contributed by atoms with van der Waals surface area (Å²) >= 11 is 6.07. The van der Waals surface area contributed by atoms with E-state index in [0.29, 0.717) is 38.3 Å². The molecule has 5 aromatic rings. The van der Waals surface area contributed by atoms with Crippen molar-refractivity contribution in [1.29, 1.82) is 0 Å². The topological polar surface area (TPSA) is 83.9 Å². The summed E-state index contributed by atoms with van der Waals surface area (Å²) in [7, 11) is 0. The zero-order valence-electron chi connectivity index (χ0n) is 15.2. The molecular formula is C21H12ClFN5O2+. The molecule has 4 heterocycles. The SMILES string of the molecule is O=[N+](O)c1cn(-c2cc(-c3cc(Cl)ccc3F)nc3ncccc23)c2ccncc12. The van der Waals surface area contributed by atoms with Crippen molar-refractivity contribution in [2.75, 3.05) is 0 Å². The summed E-state index contributed by atoms with van der Waals surface area (Å²) in [5.41, 5.74) is 2.21. The molecule has 0 aliphatic heterocycles. The number of aromatic nitrogens is 4. The largest absolute Gasteiger partial charge is 0.343 e. The lowest BCUT2D eigenvalue weighted by atomic mass is 10.1. The van der Waals surface area contributed by atoms with Crippen LogP contribution in [-0.2, 0) is 0 Å². The van der Waals surface area contributed by atoms with Gasteiger partial charge in [0.25, 0.3) is 4.92 Å². The molecule has 5 rings (SSSR count). The Bertz CT molecular complexity index is 1470. The van der Waals surface area contributed by atoms with Crippen molar-refractivity contribution < 1.29 is 14.5 Å². The fourth-order valence-electron chi connectivity index (χ4n) is 3.48. The lowest BCUT2D eigenvalue weighted by Crippen LogP contribution is -1.99. The highest BCUT2D eigenvalue weighted by Gasteiger charge is 2.24. The second kappa shape index (κ2) is 6.85. The first-order valence-corrected chi connectivity index (χ1v) is 9.23. The monoisotopic (exact) mass is 420 g/mol. The number of nitrogens with zero attached hydrogens (tertiary/aromatic N) is 5. The molecule has 0 unspecified atom stereocenters. The van der Waals surface area contributed by atoms with E-state index in [1.165, 1.54) is 30.6 Å². The molecule has 9 heteroatoms. The van der Waals surface area contributed by atoms with E-state index in [0.717, 1.165) is 0 Å². The van der Waals surface area contributed by atoms with Crippen LogP contribution in [0.5, 0.6) is 0 Å². The highest BCUT2D eigenvalue weighted by Crippen LogP contribution is 2.34. The van der Waals surface area contributed by atoms with Crippen LogP contribution in [0.1, 0.15) is 0 Å². The number of pyridine rings is 3. The van der Waals surface area contributed by atoms with Gasteiger partial charge in [-0.2, -0.15) is 0 Å². The van der Waals surface area contributed by atoms with Gasteiger partial charge in [0.2, 0.25) is 0 Å². The van der Waals surface area contributed by atoms with E-state index in [1.807, 2.05) is 6.07 Å². The number of halogens is 2. The Hall–Kier alpha value is -3.91. The van der Waals surface area contributed by atoms with Gasteiger partial charge in [-0.3, -0.25) is 4.98 Å². The van der Waals surface area contributed by atoms with Gasteiger partial charge in [-0.25, -0.2) is 19.6 Å². The van der Waals surface area contributed by atoms with Gasteiger partial charge in [0, 0.05) is 34.6 Å². The van der Waals surface area contributed by atoms with E-state index in [-0.39, 0.29) is 16.2 Å². The molecule has 0 saturated heterocycles. The molecule has 0 spiro atoms. The fourth-order valence-corrected chi connectivity index (χ4v) is 3.65. The van der Waals surface area contributed by atoms with Gasteiger partial charge in [0.05, 0.1) is 28.0 Å². The van der Waals surface area contributed by atoms with E-state index in [4.69, 9.17) is 11.6 Å². The molecule has 0 saturated carbocycles. The molecule has 0 bridgehead atoms. The van der Waals surface area contributed by atoms with E-state index in [9.17, 15) is 14.5 Å². The number of benzene rings is 1. The van der Waals surface area contributed by atoms with Crippen LogP contribution in [-0.4, -0.2) is 29.6 Å². The minimum Gasteiger partial charge on any atom is -0.309 e. The van der Waals surface area contributed by atoms with Crippen LogP contribution in [0.2, 0.25) is 5.02 Å². The fraction of sp³-hybridized carbons (Fsp3) is 0. The van der Waals surface area contributed by atoms with Crippen molar-refractivity contribution in [1.82, 2.24) is 19.5 Å². The van der Waals surface area contributed by atoms with Crippen LogP contribution in [0, 0.1) is 10.7 Å². The molecule has 30 heavy (non-hydrogen) atoms. The summed E-state index contributed by atoms with van der Waals surface area (Å²) in [6.07, 6.45) is 6.14. The Morgan fingerprint density at radius 2 is 1.97 bits per heavy atom. The Kier molecular flexibility index (Phi) is 4.14. The van der Waals surface area contributed by atoms with Gasteiger partial charge in [-0.05, 0) is 42.5 Å². The second-order valence-electron chi connectivity index (χ2n) is 6.58. The summed E-state index contributed by atoms with van der Waals surface area (Å²) in [4.78, 5) is 24.3. The predicted molar refractivity (Wildman–Crippen MR) is 110 cm³/mol. The van der Waals surface area contributed by atoms with Gasteiger partial charge >= 0.3 is 5.69 Å². The van der Waals surface area contributed by atoms with Gasteiger partial charge in [-0.1, -0.05) is 11.6 Å². The summed E-state index contributed by atoms with van der Waals surface area (Å²) in [5, 5.41) is 11.1. The van der Waals surface area contributed by atoms with Gasteiger partial charge in [-0.15, -0.1) is 0 Å². The molecule has 0 radical (unpaired) electrons. The van der Waals surface area contributed by atoms with Crippen molar-refractivity contribution in [2.24, 2.45) is 0 Å². The average molecular weight is 421 g/mol. The van der Waals surface area contributed by atoms with Crippen molar-refractivity contribution in [3.05, 3.63) is 83.0 Å². The molecule has 0 amide bonds. The molecule has 1 N–H and O–H groups in total. The van der Waals surface area contributed by atoms with Crippen LogP contribution in [0.3, 0.4) is 0 Å². The summed E-state index contributed by atoms with van der Waals surface area (Å²) in [6, 6.07) is 11.2. The molecule has 0 fully saturated rings. The lowest BCUT2D eigenvalue weighted by Gasteiger charge is -2.12. The van der Waals surface area contributed by atoms with Crippen LogP contribution >= 0.6 is 11.6 Å². The predicted octanol–water partition coefficient (Wildman–Crippen LogP) is 5.23. The quantitative estimate of drug-likeness (QED) is 0.404. The highest BCUT2D eigenvalue weighted by molar-refractivity contribution is 6.30. The van der Waals surface area contributed by atoms with E-state index in [1.54, 1.807) is 35.2 Å².